The van der Waals surface area contributed by atoms with E-state index < -0.39 is 0 Å². The van der Waals surface area contributed by atoms with Gasteiger partial charge >= 0.3 is 0 Å². The molecule has 122 valence electrons. The summed E-state index contributed by atoms with van der Waals surface area (Å²) in [5, 5.41) is 6.74. The summed E-state index contributed by atoms with van der Waals surface area (Å²) in [5.41, 5.74) is 0. The molecule has 0 saturated carbocycles. The highest BCUT2D eigenvalue weighted by Crippen LogP contribution is 2.15. The second-order valence-corrected chi connectivity index (χ2v) is 6.67. The fourth-order valence-corrected chi connectivity index (χ4v) is 3.19. The summed E-state index contributed by atoms with van der Waals surface area (Å²) < 4.78 is 0. The first-order valence-electron chi connectivity index (χ1n) is 8.15. The van der Waals surface area contributed by atoms with Gasteiger partial charge in [0.25, 0.3) is 0 Å². The lowest BCUT2D eigenvalue weighted by Gasteiger charge is -2.33. The summed E-state index contributed by atoms with van der Waals surface area (Å²) in [6.45, 7) is 10.5. The standard InChI is InChI=1S/C16H32N4S/c1-4-13-21-14-10-19-16(17-3)18-9-7-12-20-11-6-5-8-15(20)2/h4,15H,1,5-14H2,2-3H3,(H2,17,18,19). The van der Waals surface area contributed by atoms with Crippen LogP contribution in [0.3, 0.4) is 0 Å². The number of rotatable bonds is 9. The molecule has 1 aliphatic rings. The monoisotopic (exact) mass is 312 g/mol. The molecule has 0 aromatic rings. The summed E-state index contributed by atoms with van der Waals surface area (Å²) in [7, 11) is 1.83. The van der Waals surface area contributed by atoms with Gasteiger partial charge in [0.05, 0.1) is 0 Å². The average molecular weight is 313 g/mol. The van der Waals surface area contributed by atoms with E-state index in [1.807, 2.05) is 24.9 Å². The molecule has 0 amide bonds. The third-order valence-corrected chi connectivity index (χ3v) is 4.82. The minimum Gasteiger partial charge on any atom is -0.356 e. The molecule has 0 aromatic carbocycles. The molecule has 1 rings (SSSR count). The van der Waals surface area contributed by atoms with Crippen molar-refractivity contribution in [2.75, 3.05) is 44.7 Å². The first kappa shape index (κ1) is 18.4. The maximum atomic E-state index is 4.26. The predicted molar refractivity (Wildman–Crippen MR) is 96.4 cm³/mol. The van der Waals surface area contributed by atoms with Crippen LogP contribution in [-0.4, -0.2) is 61.6 Å². The summed E-state index contributed by atoms with van der Waals surface area (Å²) in [6.07, 6.45) is 7.24. The number of hydrogen-bond acceptors (Lipinski definition) is 3. The fraction of sp³-hybridized carbons (Fsp3) is 0.812. The highest BCUT2D eigenvalue weighted by atomic mass is 32.2. The molecule has 5 heteroatoms. The summed E-state index contributed by atoms with van der Waals surface area (Å²) in [4.78, 5) is 6.87. The van der Waals surface area contributed by atoms with E-state index in [9.17, 15) is 0 Å². The van der Waals surface area contributed by atoms with Crippen molar-refractivity contribution in [2.24, 2.45) is 4.99 Å². The predicted octanol–water partition coefficient (Wildman–Crippen LogP) is 2.34. The van der Waals surface area contributed by atoms with Gasteiger partial charge in [-0.3, -0.25) is 4.99 Å². The van der Waals surface area contributed by atoms with Gasteiger partial charge in [-0.2, -0.15) is 11.8 Å². The van der Waals surface area contributed by atoms with Gasteiger partial charge in [0.15, 0.2) is 5.96 Å². The SMILES string of the molecule is C=CCSCCNC(=NC)NCCCN1CCCCC1C. The molecule has 1 aliphatic heterocycles. The molecule has 2 N–H and O–H groups in total. The Labute approximate surface area is 134 Å². The molecule has 21 heavy (non-hydrogen) atoms. The number of aliphatic imine (C=N–C) groups is 1. The average Bonchev–Trinajstić information content (AvgIpc) is 2.50. The first-order valence-corrected chi connectivity index (χ1v) is 9.30. The zero-order chi connectivity index (χ0) is 15.3. The molecule has 0 spiro atoms. The van der Waals surface area contributed by atoms with Gasteiger partial charge in [0.2, 0.25) is 0 Å². The maximum absolute atomic E-state index is 4.26. The van der Waals surface area contributed by atoms with Gasteiger partial charge in [-0.05, 0) is 32.7 Å². The van der Waals surface area contributed by atoms with Gasteiger partial charge in [-0.15, -0.1) is 6.58 Å². The molecule has 4 nitrogen and oxygen atoms in total. The van der Waals surface area contributed by atoms with Gasteiger partial charge in [0.1, 0.15) is 0 Å². The zero-order valence-electron chi connectivity index (χ0n) is 13.7. The van der Waals surface area contributed by atoms with Crippen molar-refractivity contribution in [3.63, 3.8) is 0 Å². The number of nitrogens with one attached hydrogen (secondary N) is 2. The van der Waals surface area contributed by atoms with E-state index in [4.69, 9.17) is 0 Å². The molecule has 1 heterocycles. The topological polar surface area (TPSA) is 39.7 Å². The largest absolute Gasteiger partial charge is 0.356 e. The van der Waals surface area contributed by atoms with Crippen molar-refractivity contribution in [3.8, 4) is 0 Å². The smallest absolute Gasteiger partial charge is 0.191 e. The molecule has 0 aliphatic carbocycles. The molecule has 0 radical (unpaired) electrons. The Bertz CT molecular complexity index is 307. The van der Waals surface area contributed by atoms with Crippen LogP contribution in [0.15, 0.2) is 17.6 Å². The van der Waals surface area contributed by atoms with Crippen molar-refractivity contribution in [3.05, 3.63) is 12.7 Å². The molecule has 1 fully saturated rings. The van der Waals surface area contributed by atoms with Crippen LogP contribution in [0, 0.1) is 0 Å². The first-order chi connectivity index (χ1) is 10.3. The second-order valence-electron chi connectivity index (χ2n) is 5.52. The number of likely N-dealkylation sites (tertiary alicyclic amines) is 1. The molecule has 1 atom stereocenters. The minimum atomic E-state index is 0.762. The number of thioether (sulfide) groups is 1. The molecule has 0 aromatic heterocycles. The van der Waals surface area contributed by atoms with E-state index in [0.717, 1.165) is 36.6 Å². The normalized spacial score (nSPS) is 20.3. The Morgan fingerprint density at radius 3 is 2.90 bits per heavy atom. The third-order valence-electron chi connectivity index (χ3n) is 3.85. The van der Waals surface area contributed by atoms with Crippen molar-refractivity contribution >= 4 is 17.7 Å². The van der Waals surface area contributed by atoms with Crippen molar-refractivity contribution in [2.45, 2.75) is 38.6 Å². The van der Waals surface area contributed by atoms with Gasteiger partial charge in [-0.1, -0.05) is 12.5 Å². The number of guanidine groups is 1. The van der Waals surface area contributed by atoms with Gasteiger partial charge in [-0.25, -0.2) is 0 Å². The fourth-order valence-electron chi connectivity index (χ4n) is 2.61. The molecular weight excluding hydrogens is 280 g/mol. The lowest BCUT2D eigenvalue weighted by Crippen LogP contribution is -2.41. The van der Waals surface area contributed by atoms with E-state index in [1.165, 1.54) is 38.8 Å². The van der Waals surface area contributed by atoms with Crippen LogP contribution < -0.4 is 10.6 Å². The van der Waals surface area contributed by atoms with Gasteiger partial charge < -0.3 is 15.5 Å². The minimum absolute atomic E-state index is 0.762. The molecule has 0 bridgehead atoms. The van der Waals surface area contributed by atoms with Crippen LogP contribution in [0.25, 0.3) is 0 Å². The molecule has 1 saturated heterocycles. The van der Waals surface area contributed by atoms with E-state index >= 15 is 0 Å². The Balaban J connectivity index is 2.05. The second kappa shape index (κ2) is 11.9. The van der Waals surface area contributed by atoms with Crippen molar-refractivity contribution in [1.29, 1.82) is 0 Å². The van der Waals surface area contributed by atoms with E-state index in [0.29, 0.717) is 0 Å². The van der Waals surface area contributed by atoms with Crippen molar-refractivity contribution in [1.82, 2.24) is 15.5 Å². The van der Waals surface area contributed by atoms with Crippen LogP contribution in [0.1, 0.15) is 32.6 Å². The number of hydrogen-bond donors (Lipinski definition) is 2. The lowest BCUT2D eigenvalue weighted by molar-refractivity contribution is 0.159. The third kappa shape index (κ3) is 8.37. The lowest BCUT2D eigenvalue weighted by atomic mass is 10.0. The van der Waals surface area contributed by atoms with Crippen LogP contribution in [0.4, 0.5) is 0 Å². The zero-order valence-corrected chi connectivity index (χ0v) is 14.6. The number of piperidine rings is 1. The summed E-state index contributed by atoms with van der Waals surface area (Å²) >= 11 is 1.88. The van der Waals surface area contributed by atoms with Crippen LogP contribution >= 0.6 is 11.8 Å². The van der Waals surface area contributed by atoms with Gasteiger partial charge in [0, 0.05) is 44.2 Å². The Kier molecular flexibility index (Phi) is 10.4. The molecule has 1 unspecified atom stereocenters. The van der Waals surface area contributed by atoms with E-state index in [-0.39, 0.29) is 0 Å². The van der Waals surface area contributed by atoms with E-state index in [2.05, 4.69) is 34.0 Å². The Hall–Kier alpha value is -0.680. The molecular formula is C16H32N4S. The highest BCUT2D eigenvalue weighted by Gasteiger charge is 2.16. The van der Waals surface area contributed by atoms with Crippen LogP contribution in [0.2, 0.25) is 0 Å². The number of nitrogens with zero attached hydrogens (tertiary/aromatic N) is 2. The Morgan fingerprint density at radius 2 is 2.19 bits per heavy atom. The van der Waals surface area contributed by atoms with Crippen LogP contribution in [0.5, 0.6) is 0 Å². The summed E-state index contributed by atoms with van der Waals surface area (Å²) in [5.74, 6) is 3.01. The maximum Gasteiger partial charge on any atom is 0.191 e. The van der Waals surface area contributed by atoms with E-state index in [1.54, 1.807) is 0 Å². The van der Waals surface area contributed by atoms with Crippen molar-refractivity contribution < 1.29 is 0 Å². The summed E-state index contributed by atoms with van der Waals surface area (Å²) in [6, 6.07) is 0.762. The quantitative estimate of drug-likeness (QED) is 0.297. The van der Waals surface area contributed by atoms with Crippen LogP contribution in [-0.2, 0) is 0 Å². The highest BCUT2D eigenvalue weighted by molar-refractivity contribution is 7.99. The Morgan fingerprint density at radius 1 is 1.38 bits per heavy atom.